The van der Waals surface area contributed by atoms with Gasteiger partial charge in [0.2, 0.25) is 0 Å². The lowest BCUT2D eigenvalue weighted by Crippen LogP contribution is -2.28. The average Bonchev–Trinajstić information content (AvgIpc) is 2.93. The van der Waals surface area contributed by atoms with Gasteiger partial charge in [0, 0.05) is 24.8 Å². The Labute approximate surface area is 133 Å². The Morgan fingerprint density at radius 3 is 2.59 bits per heavy atom. The number of benzene rings is 1. The third kappa shape index (κ3) is 5.62. The molecular formula is C18H27N3O. The first kappa shape index (κ1) is 16.7. The molecule has 0 spiro atoms. The van der Waals surface area contributed by atoms with Crippen LogP contribution in [0.2, 0.25) is 0 Å². The highest BCUT2D eigenvalue weighted by molar-refractivity contribution is 5.15. The van der Waals surface area contributed by atoms with Crippen LogP contribution >= 0.6 is 0 Å². The minimum absolute atomic E-state index is 0.205. The Bertz CT molecular complexity index is 536. The van der Waals surface area contributed by atoms with Crippen molar-refractivity contribution in [2.24, 2.45) is 5.92 Å². The molecule has 2 rings (SSSR count). The fourth-order valence-electron chi connectivity index (χ4n) is 2.46. The lowest BCUT2D eigenvalue weighted by molar-refractivity contribution is 0.183. The topological polar surface area (TPSA) is 41.3 Å². The molecule has 0 amide bonds. The Hall–Kier alpha value is -1.65. The van der Waals surface area contributed by atoms with E-state index in [1.165, 1.54) is 11.1 Å². The van der Waals surface area contributed by atoms with E-state index in [2.05, 4.69) is 54.3 Å². The SMILES string of the molecule is CC(C)CCN(CCO)Cc1cnn(Cc2ccccc2)c1. The number of aliphatic hydroxyl groups excluding tert-OH is 1. The van der Waals surface area contributed by atoms with E-state index in [1.54, 1.807) is 0 Å². The summed E-state index contributed by atoms with van der Waals surface area (Å²) in [6.45, 7) is 8.05. The van der Waals surface area contributed by atoms with E-state index in [4.69, 9.17) is 0 Å². The third-order valence-electron chi connectivity index (χ3n) is 3.72. The molecule has 1 N–H and O–H groups in total. The molecule has 120 valence electrons. The summed E-state index contributed by atoms with van der Waals surface area (Å²) < 4.78 is 1.98. The van der Waals surface area contributed by atoms with Gasteiger partial charge < -0.3 is 5.11 Å². The zero-order chi connectivity index (χ0) is 15.8. The maximum atomic E-state index is 9.22. The zero-order valence-corrected chi connectivity index (χ0v) is 13.7. The van der Waals surface area contributed by atoms with Crippen molar-refractivity contribution in [2.45, 2.75) is 33.4 Å². The predicted molar refractivity (Wildman–Crippen MR) is 89.6 cm³/mol. The second-order valence-electron chi connectivity index (χ2n) is 6.21. The van der Waals surface area contributed by atoms with Crippen molar-refractivity contribution < 1.29 is 5.11 Å². The Kier molecular flexibility index (Phi) is 6.62. The standard InChI is InChI=1S/C18H27N3O/c1-16(2)8-9-20(10-11-22)13-18-12-19-21(15-18)14-17-6-4-3-5-7-17/h3-7,12,15-16,22H,8-11,13-14H2,1-2H3. The van der Waals surface area contributed by atoms with Crippen molar-refractivity contribution in [3.05, 3.63) is 53.9 Å². The first-order valence-electron chi connectivity index (χ1n) is 8.06. The summed E-state index contributed by atoms with van der Waals surface area (Å²) in [4.78, 5) is 2.30. The molecule has 2 aromatic rings. The molecule has 0 atom stereocenters. The number of hydrogen-bond acceptors (Lipinski definition) is 3. The molecule has 1 aromatic heterocycles. The van der Waals surface area contributed by atoms with Crippen LogP contribution in [0.4, 0.5) is 0 Å². The first-order valence-corrected chi connectivity index (χ1v) is 8.06. The highest BCUT2D eigenvalue weighted by Crippen LogP contribution is 2.09. The molecule has 1 aromatic carbocycles. The molecule has 0 saturated heterocycles. The van der Waals surface area contributed by atoms with Crippen LogP contribution in [-0.4, -0.2) is 39.5 Å². The van der Waals surface area contributed by atoms with Gasteiger partial charge in [-0.2, -0.15) is 5.10 Å². The monoisotopic (exact) mass is 301 g/mol. The van der Waals surface area contributed by atoms with E-state index in [0.717, 1.165) is 32.6 Å². The molecule has 0 radical (unpaired) electrons. The molecular weight excluding hydrogens is 274 g/mol. The zero-order valence-electron chi connectivity index (χ0n) is 13.7. The normalized spacial score (nSPS) is 11.5. The highest BCUT2D eigenvalue weighted by atomic mass is 16.3. The Morgan fingerprint density at radius 2 is 1.91 bits per heavy atom. The summed E-state index contributed by atoms with van der Waals surface area (Å²) in [5.41, 5.74) is 2.46. The molecule has 0 unspecified atom stereocenters. The molecule has 0 aliphatic carbocycles. The van der Waals surface area contributed by atoms with Gasteiger partial charge >= 0.3 is 0 Å². The van der Waals surface area contributed by atoms with Gasteiger partial charge in [0.15, 0.2) is 0 Å². The van der Waals surface area contributed by atoms with E-state index >= 15 is 0 Å². The van der Waals surface area contributed by atoms with E-state index in [9.17, 15) is 5.11 Å². The lowest BCUT2D eigenvalue weighted by Gasteiger charge is -2.21. The number of hydrogen-bond donors (Lipinski definition) is 1. The molecule has 0 aliphatic rings. The van der Waals surface area contributed by atoms with Gasteiger partial charge in [-0.1, -0.05) is 44.2 Å². The van der Waals surface area contributed by atoms with Gasteiger partial charge in [0.05, 0.1) is 19.3 Å². The summed E-state index contributed by atoms with van der Waals surface area (Å²) in [6, 6.07) is 10.4. The minimum Gasteiger partial charge on any atom is -0.395 e. The highest BCUT2D eigenvalue weighted by Gasteiger charge is 2.08. The fourth-order valence-corrected chi connectivity index (χ4v) is 2.46. The fraction of sp³-hybridized carbons (Fsp3) is 0.500. The van der Waals surface area contributed by atoms with Crippen LogP contribution in [0, 0.1) is 5.92 Å². The molecule has 0 aliphatic heterocycles. The number of aliphatic hydroxyl groups is 1. The van der Waals surface area contributed by atoms with Crippen molar-refractivity contribution in [1.29, 1.82) is 0 Å². The maximum Gasteiger partial charge on any atom is 0.0659 e. The van der Waals surface area contributed by atoms with Gasteiger partial charge in [-0.3, -0.25) is 9.58 Å². The number of rotatable bonds is 9. The predicted octanol–water partition coefficient (Wildman–Crippen LogP) is 2.77. The number of nitrogens with zero attached hydrogens (tertiary/aromatic N) is 3. The Morgan fingerprint density at radius 1 is 1.14 bits per heavy atom. The molecule has 22 heavy (non-hydrogen) atoms. The maximum absolute atomic E-state index is 9.22. The van der Waals surface area contributed by atoms with E-state index in [1.807, 2.05) is 16.9 Å². The molecule has 4 heteroatoms. The van der Waals surface area contributed by atoms with Crippen molar-refractivity contribution in [3.63, 3.8) is 0 Å². The summed E-state index contributed by atoms with van der Waals surface area (Å²) in [6.07, 6.45) is 5.19. The summed E-state index contributed by atoms with van der Waals surface area (Å²) in [5, 5.41) is 13.7. The van der Waals surface area contributed by atoms with Crippen molar-refractivity contribution in [3.8, 4) is 0 Å². The van der Waals surface area contributed by atoms with Gasteiger partial charge in [-0.25, -0.2) is 0 Å². The molecule has 0 fully saturated rings. The Balaban J connectivity index is 1.91. The second kappa shape index (κ2) is 8.71. The lowest BCUT2D eigenvalue weighted by atomic mass is 10.1. The number of aromatic nitrogens is 2. The van der Waals surface area contributed by atoms with Gasteiger partial charge in [0.1, 0.15) is 0 Å². The minimum atomic E-state index is 0.205. The molecule has 0 saturated carbocycles. The van der Waals surface area contributed by atoms with Crippen LogP contribution in [0.5, 0.6) is 0 Å². The summed E-state index contributed by atoms with van der Waals surface area (Å²) >= 11 is 0. The van der Waals surface area contributed by atoms with Crippen LogP contribution < -0.4 is 0 Å². The van der Waals surface area contributed by atoms with E-state index < -0.39 is 0 Å². The second-order valence-corrected chi connectivity index (χ2v) is 6.21. The van der Waals surface area contributed by atoms with E-state index in [-0.39, 0.29) is 6.61 Å². The third-order valence-corrected chi connectivity index (χ3v) is 3.72. The van der Waals surface area contributed by atoms with Gasteiger partial charge in [-0.15, -0.1) is 0 Å². The van der Waals surface area contributed by atoms with Gasteiger partial charge in [0.25, 0.3) is 0 Å². The van der Waals surface area contributed by atoms with Gasteiger partial charge in [-0.05, 0) is 24.4 Å². The summed E-state index contributed by atoms with van der Waals surface area (Å²) in [5.74, 6) is 0.682. The van der Waals surface area contributed by atoms with Crippen LogP contribution in [0.1, 0.15) is 31.4 Å². The molecule has 4 nitrogen and oxygen atoms in total. The first-order chi connectivity index (χ1) is 10.7. The van der Waals surface area contributed by atoms with Crippen molar-refractivity contribution >= 4 is 0 Å². The van der Waals surface area contributed by atoms with Crippen LogP contribution in [0.15, 0.2) is 42.7 Å². The smallest absolute Gasteiger partial charge is 0.0659 e. The van der Waals surface area contributed by atoms with Crippen LogP contribution in [0.3, 0.4) is 0 Å². The van der Waals surface area contributed by atoms with E-state index in [0.29, 0.717) is 5.92 Å². The molecule has 1 heterocycles. The average molecular weight is 301 g/mol. The van der Waals surface area contributed by atoms with Crippen molar-refractivity contribution in [1.82, 2.24) is 14.7 Å². The van der Waals surface area contributed by atoms with Crippen LogP contribution in [0.25, 0.3) is 0 Å². The van der Waals surface area contributed by atoms with Crippen molar-refractivity contribution in [2.75, 3.05) is 19.7 Å². The quantitative estimate of drug-likeness (QED) is 0.774. The molecule has 0 bridgehead atoms. The largest absolute Gasteiger partial charge is 0.395 e. The summed E-state index contributed by atoms with van der Waals surface area (Å²) in [7, 11) is 0. The van der Waals surface area contributed by atoms with Crippen LogP contribution in [-0.2, 0) is 13.1 Å².